The van der Waals surface area contributed by atoms with Gasteiger partial charge in [-0.2, -0.15) is 10.2 Å². The van der Waals surface area contributed by atoms with Gasteiger partial charge in [0.25, 0.3) is 5.91 Å². The standard InChI is InChI=1S/C22H17N5O2/c28-20-8-6-17(7-9-20)22(29)25-24-14-18-15-27(19-4-2-1-3-5-19)26-21(18)16-10-12-23-13-11-16/h1-15,28H,(H,25,29)/b24-14-. The normalized spacial score (nSPS) is 10.9. The van der Waals surface area contributed by atoms with Crippen LogP contribution in [-0.2, 0) is 0 Å². The number of amides is 1. The number of carbonyl (C=O) groups excluding carboxylic acids is 1. The Kier molecular flexibility index (Phi) is 5.11. The quantitative estimate of drug-likeness (QED) is 0.408. The van der Waals surface area contributed by atoms with E-state index in [0.717, 1.165) is 22.5 Å². The van der Waals surface area contributed by atoms with Crippen molar-refractivity contribution in [1.82, 2.24) is 20.2 Å². The van der Waals surface area contributed by atoms with Crippen molar-refractivity contribution in [1.29, 1.82) is 0 Å². The Hall–Kier alpha value is -4.26. The highest BCUT2D eigenvalue weighted by molar-refractivity contribution is 5.95. The number of rotatable bonds is 5. The van der Waals surface area contributed by atoms with Gasteiger partial charge in [-0.3, -0.25) is 9.78 Å². The summed E-state index contributed by atoms with van der Waals surface area (Å²) in [6, 6.07) is 19.4. The molecule has 4 rings (SSSR count). The Morgan fingerprint density at radius 3 is 2.45 bits per heavy atom. The third kappa shape index (κ3) is 4.19. The van der Waals surface area contributed by atoms with Crippen LogP contribution < -0.4 is 5.43 Å². The van der Waals surface area contributed by atoms with Crippen molar-refractivity contribution in [2.24, 2.45) is 5.10 Å². The minimum Gasteiger partial charge on any atom is -0.508 e. The summed E-state index contributed by atoms with van der Waals surface area (Å²) >= 11 is 0. The largest absolute Gasteiger partial charge is 0.508 e. The van der Waals surface area contributed by atoms with E-state index in [2.05, 4.69) is 20.6 Å². The Bertz CT molecular complexity index is 1140. The lowest BCUT2D eigenvalue weighted by molar-refractivity contribution is 0.0955. The maximum Gasteiger partial charge on any atom is 0.271 e. The van der Waals surface area contributed by atoms with Crippen LogP contribution in [0.5, 0.6) is 5.75 Å². The lowest BCUT2D eigenvalue weighted by atomic mass is 10.1. The van der Waals surface area contributed by atoms with Gasteiger partial charge in [0.1, 0.15) is 11.4 Å². The number of aromatic nitrogens is 3. The fourth-order valence-electron chi connectivity index (χ4n) is 2.77. The Labute approximate surface area is 167 Å². The second-order valence-electron chi connectivity index (χ2n) is 6.20. The van der Waals surface area contributed by atoms with E-state index in [0.29, 0.717) is 5.56 Å². The predicted molar refractivity (Wildman–Crippen MR) is 110 cm³/mol. The lowest BCUT2D eigenvalue weighted by Crippen LogP contribution is -2.17. The van der Waals surface area contributed by atoms with Crippen molar-refractivity contribution >= 4 is 12.1 Å². The molecule has 4 aromatic rings. The maximum absolute atomic E-state index is 12.2. The highest BCUT2D eigenvalue weighted by Crippen LogP contribution is 2.22. The van der Waals surface area contributed by atoms with Gasteiger partial charge in [0.05, 0.1) is 11.9 Å². The second kappa shape index (κ2) is 8.18. The molecule has 7 heteroatoms. The molecule has 2 aromatic carbocycles. The van der Waals surface area contributed by atoms with Gasteiger partial charge in [0.2, 0.25) is 0 Å². The van der Waals surface area contributed by atoms with Gasteiger partial charge >= 0.3 is 0 Å². The van der Waals surface area contributed by atoms with Crippen LogP contribution in [0, 0.1) is 0 Å². The number of para-hydroxylation sites is 1. The molecule has 0 unspecified atom stereocenters. The van der Waals surface area contributed by atoms with E-state index >= 15 is 0 Å². The van der Waals surface area contributed by atoms with Crippen molar-refractivity contribution in [2.45, 2.75) is 0 Å². The van der Waals surface area contributed by atoms with Crippen molar-refractivity contribution in [2.75, 3.05) is 0 Å². The van der Waals surface area contributed by atoms with Gasteiger partial charge in [0.15, 0.2) is 0 Å². The molecule has 1 amide bonds. The molecule has 29 heavy (non-hydrogen) atoms. The zero-order chi connectivity index (χ0) is 20.1. The van der Waals surface area contributed by atoms with Gasteiger partial charge in [0, 0.05) is 35.3 Å². The fourth-order valence-corrected chi connectivity index (χ4v) is 2.77. The molecule has 0 aliphatic rings. The number of pyridine rings is 1. The molecule has 0 aliphatic heterocycles. The summed E-state index contributed by atoms with van der Waals surface area (Å²) in [7, 11) is 0. The number of hydrogen-bond donors (Lipinski definition) is 2. The molecule has 0 spiro atoms. The van der Waals surface area contributed by atoms with Crippen LogP contribution in [0.3, 0.4) is 0 Å². The van der Waals surface area contributed by atoms with E-state index in [-0.39, 0.29) is 11.7 Å². The van der Waals surface area contributed by atoms with E-state index in [9.17, 15) is 9.90 Å². The summed E-state index contributed by atoms with van der Waals surface area (Å²) in [5.41, 5.74) is 6.16. The maximum atomic E-state index is 12.2. The van der Waals surface area contributed by atoms with E-state index in [4.69, 9.17) is 0 Å². The average molecular weight is 383 g/mol. The van der Waals surface area contributed by atoms with Gasteiger partial charge < -0.3 is 5.11 Å². The molecule has 142 valence electrons. The first-order valence-electron chi connectivity index (χ1n) is 8.88. The molecule has 7 nitrogen and oxygen atoms in total. The van der Waals surface area contributed by atoms with Crippen LogP contribution in [0.2, 0.25) is 0 Å². The Morgan fingerprint density at radius 1 is 1.00 bits per heavy atom. The smallest absolute Gasteiger partial charge is 0.271 e. The van der Waals surface area contributed by atoms with Gasteiger partial charge in [-0.05, 0) is 48.5 Å². The van der Waals surface area contributed by atoms with Crippen LogP contribution in [0.4, 0.5) is 0 Å². The number of hydrogen-bond acceptors (Lipinski definition) is 5. The number of hydrazone groups is 1. The number of nitrogens with one attached hydrogen (secondary N) is 1. The second-order valence-corrected chi connectivity index (χ2v) is 6.20. The third-order valence-corrected chi connectivity index (χ3v) is 4.22. The zero-order valence-corrected chi connectivity index (χ0v) is 15.3. The molecule has 0 saturated heterocycles. The minimum atomic E-state index is -0.373. The van der Waals surface area contributed by atoms with Crippen molar-refractivity contribution < 1.29 is 9.90 Å². The lowest BCUT2D eigenvalue weighted by Gasteiger charge is -2.00. The molecule has 0 radical (unpaired) electrons. The zero-order valence-electron chi connectivity index (χ0n) is 15.3. The Morgan fingerprint density at radius 2 is 1.72 bits per heavy atom. The predicted octanol–water partition coefficient (Wildman–Crippen LogP) is 3.40. The van der Waals surface area contributed by atoms with Gasteiger partial charge in [-0.15, -0.1) is 0 Å². The topological polar surface area (TPSA) is 92.4 Å². The van der Waals surface area contributed by atoms with E-state index in [1.54, 1.807) is 23.3 Å². The molecule has 0 atom stereocenters. The van der Waals surface area contributed by atoms with Gasteiger partial charge in [-0.1, -0.05) is 18.2 Å². The number of nitrogens with zero attached hydrogens (tertiary/aromatic N) is 4. The number of phenols is 1. The van der Waals surface area contributed by atoms with Crippen LogP contribution in [0.1, 0.15) is 15.9 Å². The summed E-state index contributed by atoms with van der Waals surface area (Å²) in [5, 5.41) is 18.1. The van der Waals surface area contributed by atoms with E-state index < -0.39 is 0 Å². The van der Waals surface area contributed by atoms with Crippen LogP contribution in [0.25, 0.3) is 16.9 Å². The van der Waals surface area contributed by atoms with Crippen molar-refractivity contribution in [3.05, 3.63) is 96.4 Å². The molecule has 0 fully saturated rings. The van der Waals surface area contributed by atoms with Gasteiger partial charge in [-0.25, -0.2) is 10.1 Å². The first-order chi connectivity index (χ1) is 14.2. The molecular weight excluding hydrogens is 366 g/mol. The number of phenolic OH excluding ortho intramolecular Hbond substituents is 1. The number of benzene rings is 2. The molecule has 2 N–H and O–H groups in total. The van der Waals surface area contributed by atoms with Crippen LogP contribution in [0.15, 0.2) is 90.4 Å². The summed E-state index contributed by atoms with van der Waals surface area (Å²) in [4.78, 5) is 16.2. The third-order valence-electron chi connectivity index (χ3n) is 4.22. The first kappa shape index (κ1) is 18.1. The molecule has 2 heterocycles. The fraction of sp³-hybridized carbons (Fsp3) is 0. The molecule has 0 bridgehead atoms. The van der Waals surface area contributed by atoms with Crippen molar-refractivity contribution in [3.63, 3.8) is 0 Å². The van der Waals surface area contributed by atoms with E-state index in [1.807, 2.05) is 48.7 Å². The molecular formula is C22H17N5O2. The van der Waals surface area contributed by atoms with E-state index in [1.165, 1.54) is 24.3 Å². The molecule has 0 saturated carbocycles. The van der Waals surface area contributed by atoms with Crippen LogP contribution in [-0.4, -0.2) is 32.0 Å². The highest BCUT2D eigenvalue weighted by atomic mass is 16.3. The molecule has 2 aromatic heterocycles. The minimum absolute atomic E-state index is 0.0976. The summed E-state index contributed by atoms with van der Waals surface area (Å²) in [6.45, 7) is 0. The Balaban J connectivity index is 1.61. The highest BCUT2D eigenvalue weighted by Gasteiger charge is 2.11. The summed E-state index contributed by atoms with van der Waals surface area (Å²) < 4.78 is 1.76. The van der Waals surface area contributed by atoms with Crippen molar-refractivity contribution in [3.8, 4) is 22.7 Å². The first-order valence-corrected chi connectivity index (χ1v) is 8.88. The monoisotopic (exact) mass is 383 g/mol. The summed E-state index contributed by atoms with van der Waals surface area (Å²) in [6.07, 6.45) is 6.80. The number of aromatic hydroxyl groups is 1. The average Bonchev–Trinajstić information content (AvgIpc) is 3.19. The SMILES string of the molecule is O=C(N/N=C\c1cn(-c2ccccc2)nc1-c1ccncc1)c1ccc(O)cc1. The molecule has 0 aliphatic carbocycles. The number of carbonyl (C=O) groups is 1. The summed E-state index contributed by atoms with van der Waals surface area (Å²) in [5.74, 6) is -0.275. The van der Waals surface area contributed by atoms with Crippen LogP contribution >= 0.6 is 0 Å².